The van der Waals surface area contributed by atoms with E-state index in [1.807, 2.05) is 20.8 Å². The fraction of sp³-hybridized carbons (Fsp3) is 1.00. The summed E-state index contributed by atoms with van der Waals surface area (Å²) >= 11 is 0. The lowest BCUT2D eigenvalue weighted by Crippen LogP contribution is -2.01. The Balaban J connectivity index is -0.000000104. The number of aliphatic hydroxyl groups is 1. The molecule has 0 amide bonds. The number of hydrogen-bond acceptors (Lipinski definition) is 7. The van der Waals surface area contributed by atoms with Crippen LogP contribution in [0, 0.1) is 0 Å². The summed E-state index contributed by atoms with van der Waals surface area (Å²) in [6.45, 7) is 24.0. The number of ether oxygens (including phenoxy) is 6. The molecule has 1 heterocycles. The lowest BCUT2D eigenvalue weighted by Gasteiger charge is -1.98. The number of epoxide rings is 1. The first-order valence-corrected chi connectivity index (χ1v) is 13.5. The van der Waals surface area contributed by atoms with Crippen molar-refractivity contribution >= 4 is 0 Å². The maximum Gasteiger partial charge on any atom is 0.104 e. The molecule has 1 aliphatic rings. The monoisotopic (exact) mass is 500 g/mol. The molecule has 1 atom stereocenters. The number of hydrogen-bond donors (Lipinski definition) is 1. The zero-order chi connectivity index (χ0) is 27.1. The van der Waals surface area contributed by atoms with Gasteiger partial charge in [-0.3, -0.25) is 0 Å². The minimum absolute atomic E-state index is 0.240. The molecule has 0 aromatic heterocycles. The fourth-order valence-electron chi connectivity index (χ4n) is 1.33. The lowest BCUT2D eigenvalue weighted by atomic mass is 10.4. The molecular weight excluding hydrogens is 436 g/mol. The second-order valence-electron chi connectivity index (χ2n) is 6.90. The molecule has 1 unspecified atom stereocenters. The molecule has 1 fully saturated rings. The maximum atomic E-state index is 8.29. The quantitative estimate of drug-likeness (QED) is 0.201. The van der Waals surface area contributed by atoms with Gasteiger partial charge in [-0.05, 0) is 32.6 Å². The smallest absolute Gasteiger partial charge is 0.104 e. The molecule has 214 valence electrons. The summed E-state index contributed by atoms with van der Waals surface area (Å²) in [7, 11) is 3.36. The van der Waals surface area contributed by atoms with E-state index in [1.54, 1.807) is 14.2 Å². The van der Waals surface area contributed by atoms with Crippen LogP contribution in [0.3, 0.4) is 0 Å². The molecule has 34 heavy (non-hydrogen) atoms. The lowest BCUT2D eigenvalue weighted by molar-refractivity contribution is 0.0710. The largest absolute Gasteiger partial charge is 0.396 e. The Kier molecular flexibility index (Phi) is 69.4. The number of aliphatic hydroxyl groups excluding tert-OH is 1. The van der Waals surface area contributed by atoms with Crippen LogP contribution in [0.4, 0.5) is 0 Å². The minimum atomic E-state index is 0.240. The third-order valence-corrected chi connectivity index (χ3v) is 3.42. The SMILES string of the molecule is CC.CCCC.CCCOCC1CO1.CCCOCCCO.CCCOCCOC.CCOC. The Hall–Kier alpha value is -0.280. The van der Waals surface area contributed by atoms with Crippen LogP contribution in [0.2, 0.25) is 0 Å². The summed E-state index contributed by atoms with van der Waals surface area (Å²) in [5.41, 5.74) is 0. The van der Waals surface area contributed by atoms with E-state index in [0.717, 1.165) is 71.9 Å². The average Bonchev–Trinajstić information content (AvgIpc) is 3.72. The van der Waals surface area contributed by atoms with Crippen molar-refractivity contribution in [2.45, 2.75) is 100 Å². The van der Waals surface area contributed by atoms with Crippen molar-refractivity contribution in [3.05, 3.63) is 0 Å². The summed E-state index contributed by atoms with van der Waals surface area (Å²) < 4.78 is 29.6. The van der Waals surface area contributed by atoms with Gasteiger partial charge < -0.3 is 33.5 Å². The molecule has 7 nitrogen and oxygen atoms in total. The Bertz CT molecular complexity index is 221. The van der Waals surface area contributed by atoms with E-state index >= 15 is 0 Å². The van der Waals surface area contributed by atoms with Crippen LogP contribution in [0.25, 0.3) is 0 Å². The highest BCUT2D eigenvalue weighted by Gasteiger charge is 2.21. The highest BCUT2D eigenvalue weighted by atomic mass is 16.6. The van der Waals surface area contributed by atoms with Gasteiger partial charge in [0.15, 0.2) is 0 Å². The molecule has 0 saturated carbocycles. The normalized spacial score (nSPS) is 12.6. The summed E-state index contributed by atoms with van der Waals surface area (Å²) in [4.78, 5) is 0. The Morgan fingerprint density at radius 1 is 0.647 bits per heavy atom. The van der Waals surface area contributed by atoms with E-state index in [-0.39, 0.29) is 6.61 Å². The maximum absolute atomic E-state index is 8.29. The number of rotatable bonds is 16. The molecule has 0 aromatic rings. The molecule has 7 heteroatoms. The van der Waals surface area contributed by atoms with Gasteiger partial charge in [0, 0.05) is 53.9 Å². The zero-order valence-electron chi connectivity index (χ0n) is 24.8. The van der Waals surface area contributed by atoms with Crippen molar-refractivity contribution in [1.29, 1.82) is 0 Å². The van der Waals surface area contributed by atoms with Crippen molar-refractivity contribution in [1.82, 2.24) is 0 Å². The van der Waals surface area contributed by atoms with Crippen LogP contribution >= 0.6 is 0 Å². The van der Waals surface area contributed by atoms with Crippen LogP contribution in [0.1, 0.15) is 93.9 Å². The zero-order valence-corrected chi connectivity index (χ0v) is 24.8. The third kappa shape index (κ3) is 77.0. The van der Waals surface area contributed by atoms with Gasteiger partial charge in [0.05, 0.1) is 26.4 Å². The van der Waals surface area contributed by atoms with Crippen LogP contribution in [0.5, 0.6) is 0 Å². The average molecular weight is 501 g/mol. The van der Waals surface area contributed by atoms with Gasteiger partial charge in [-0.1, -0.05) is 61.3 Å². The van der Waals surface area contributed by atoms with Crippen LogP contribution < -0.4 is 0 Å². The van der Waals surface area contributed by atoms with Gasteiger partial charge in [-0.15, -0.1) is 0 Å². The second kappa shape index (κ2) is 53.9. The van der Waals surface area contributed by atoms with E-state index in [4.69, 9.17) is 28.8 Å². The molecule has 1 saturated heterocycles. The van der Waals surface area contributed by atoms with Crippen molar-refractivity contribution in [2.24, 2.45) is 0 Å². The molecular formula is C27H64O7. The van der Waals surface area contributed by atoms with Gasteiger partial charge in [-0.25, -0.2) is 0 Å². The van der Waals surface area contributed by atoms with Gasteiger partial charge in [0.25, 0.3) is 0 Å². The van der Waals surface area contributed by atoms with E-state index < -0.39 is 0 Å². The summed E-state index contributed by atoms with van der Waals surface area (Å²) in [6, 6.07) is 0. The Morgan fingerprint density at radius 2 is 1.09 bits per heavy atom. The first kappa shape index (κ1) is 43.8. The van der Waals surface area contributed by atoms with E-state index in [1.165, 1.54) is 12.8 Å². The molecule has 1 aliphatic heterocycles. The van der Waals surface area contributed by atoms with Gasteiger partial charge in [-0.2, -0.15) is 0 Å². The van der Waals surface area contributed by atoms with Crippen molar-refractivity contribution in [3.8, 4) is 0 Å². The van der Waals surface area contributed by atoms with Gasteiger partial charge in [0.2, 0.25) is 0 Å². The predicted molar refractivity (Wildman–Crippen MR) is 146 cm³/mol. The van der Waals surface area contributed by atoms with Crippen LogP contribution in [0.15, 0.2) is 0 Å². The molecule has 1 N–H and O–H groups in total. The molecule has 0 radical (unpaired) electrons. The molecule has 0 spiro atoms. The molecule has 0 bridgehead atoms. The highest BCUT2D eigenvalue weighted by Crippen LogP contribution is 2.08. The first-order valence-electron chi connectivity index (χ1n) is 13.5. The number of unbranched alkanes of at least 4 members (excludes halogenated alkanes) is 1. The molecule has 0 aromatic carbocycles. The van der Waals surface area contributed by atoms with E-state index in [2.05, 4.69) is 39.4 Å². The van der Waals surface area contributed by atoms with Crippen molar-refractivity contribution < 1.29 is 33.5 Å². The van der Waals surface area contributed by atoms with Crippen LogP contribution in [-0.4, -0.2) is 91.5 Å². The Morgan fingerprint density at radius 3 is 1.41 bits per heavy atom. The topological polar surface area (TPSA) is 78.9 Å². The predicted octanol–water partition coefficient (Wildman–Crippen LogP) is 6.15. The molecule has 1 rings (SSSR count). The number of methoxy groups -OCH3 is 2. The van der Waals surface area contributed by atoms with Crippen molar-refractivity contribution in [2.75, 3.05) is 80.3 Å². The summed E-state index contributed by atoms with van der Waals surface area (Å²) in [5, 5.41) is 8.29. The van der Waals surface area contributed by atoms with Gasteiger partial charge in [0.1, 0.15) is 6.10 Å². The fourth-order valence-corrected chi connectivity index (χ4v) is 1.33. The van der Waals surface area contributed by atoms with Crippen LogP contribution in [-0.2, 0) is 28.4 Å². The van der Waals surface area contributed by atoms with Gasteiger partial charge >= 0.3 is 0 Å². The summed E-state index contributed by atoms with van der Waals surface area (Å²) in [5.74, 6) is 0. The standard InChI is InChI=1S/C6H12O2.2C6H14O2.C4H10.C3H8O.C2H6/c1-2-3-7-4-6-5-8-6;1-3-4-8-6-5-7-2;1-2-5-8-6-3-4-7;2*1-3-4-2;1-2/h6H,2-5H2,1H3;3-6H2,1-2H3;7H,2-6H2,1H3;3-4H2,1-2H3;3H2,1-2H3;1-2H3. The molecule has 0 aliphatic carbocycles. The first-order chi connectivity index (χ1) is 16.6. The Labute approximate surface area is 214 Å². The second-order valence-corrected chi connectivity index (χ2v) is 6.90. The van der Waals surface area contributed by atoms with Crippen molar-refractivity contribution in [3.63, 3.8) is 0 Å². The van der Waals surface area contributed by atoms with E-state index in [9.17, 15) is 0 Å². The highest BCUT2D eigenvalue weighted by molar-refractivity contribution is 4.66. The third-order valence-electron chi connectivity index (χ3n) is 3.42. The van der Waals surface area contributed by atoms with E-state index in [0.29, 0.717) is 19.3 Å². The minimum Gasteiger partial charge on any atom is -0.396 e. The summed E-state index contributed by atoms with van der Waals surface area (Å²) in [6.07, 6.45) is 7.09.